The van der Waals surface area contributed by atoms with Gasteiger partial charge in [-0.25, -0.2) is 4.98 Å². The molecule has 3 heterocycles. The van der Waals surface area contributed by atoms with E-state index in [1.54, 1.807) is 11.3 Å². The van der Waals surface area contributed by atoms with Crippen molar-refractivity contribution in [1.29, 1.82) is 0 Å². The van der Waals surface area contributed by atoms with Gasteiger partial charge in [0.05, 0.1) is 17.1 Å². The molecule has 2 aromatic heterocycles. The zero-order chi connectivity index (χ0) is 14.7. The number of piperidine rings is 1. The van der Waals surface area contributed by atoms with Gasteiger partial charge >= 0.3 is 0 Å². The first-order valence-corrected chi connectivity index (χ1v) is 8.52. The normalized spacial score (nSPS) is 20.6. The van der Waals surface area contributed by atoms with E-state index in [1.165, 1.54) is 12.8 Å². The zero-order valence-corrected chi connectivity index (χ0v) is 13.4. The maximum Gasteiger partial charge on any atom is 0.226 e. The van der Waals surface area contributed by atoms with E-state index < -0.39 is 0 Å². The molecule has 0 bridgehead atoms. The first kappa shape index (κ1) is 14.7. The van der Waals surface area contributed by atoms with E-state index >= 15 is 0 Å². The second-order valence-electron chi connectivity index (χ2n) is 5.93. The van der Waals surface area contributed by atoms with Gasteiger partial charge in [0.15, 0.2) is 5.82 Å². The molecule has 2 atom stereocenters. The van der Waals surface area contributed by atoms with E-state index in [2.05, 4.69) is 32.7 Å². The van der Waals surface area contributed by atoms with Crippen molar-refractivity contribution < 1.29 is 4.52 Å². The molecule has 0 aliphatic carbocycles. The average molecular weight is 306 g/mol. The first-order valence-electron chi connectivity index (χ1n) is 7.64. The van der Waals surface area contributed by atoms with E-state index in [1.807, 2.05) is 6.92 Å². The summed E-state index contributed by atoms with van der Waals surface area (Å²) in [5.41, 5.74) is 1.02. The van der Waals surface area contributed by atoms with Crippen LogP contribution in [-0.4, -0.2) is 28.2 Å². The zero-order valence-electron chi connectivity index (χ0n) is 12.6. The third-order valence-corrected chi connectivity index (χ3v) is 4.97. The smallest absolute Gasteiger partial charge is 0.226 e. The Balaban J connectivity index is 1.56. The monoisotopic (exact) mass is 306 g/mol. The summed E-state index contributed by atoms with van der Waals surface area (Å²) in [7, 11) is 0. The van der Waals surface area contributed by atoms with Gasteiger partial charge < -0.3 is 9.84 Å². The maximum atomic E-state index is 5.40. The molecule has 0 aromatic carbocycles. The van der Waals surface area contributed by atoms with Crippen LogP contribution in [0, 0.1) is 18.8 Å². The Morgan fingerprint density at radius 2 is 2.38 bits per heavy atom. The molecule has 1 N–H and O–H groups in total. The number of hydrogen-bond donors (Lipinski definition) is 1. The molecule has 3 rings (SSSR count). The molecule has 0 saturated carbocycles. The number of nitrogens with zero attached hydrogens (tertiary/aromatic N) is 3. The summed E-state index contributed by atoms with van der Waals surface area (Å²) < 4.78 is 5.40. The molecule has 21 heavy (non-hydrogen) atoms. The SMILES string of the molecule is Cc1nc(Cc2noc(CC(C)C3CCCNC3)n2)cs1. The van der Waals surface area contributed by atoms with Crippen LogP contribution in [0.1, 0.15) is 42.2 Å². The second kappa shape index (κ2) is 6.66. The summed E-state index contributed by atoms with van der Waals surface area (Å²) in [4.78, 5) is 8.95. The van der Waals surface area contributed by atoms with Crippen molar-refractivity contribution in [2.45, 2.75) is 39.5 Å². The van der Waals surface area contributed by atoms with E-state index in [-0.39, 0.29) is 0 Å². The molecule has 1 saturated heterocycles. The average Bonchev–Trinajstić information content (AvgIpc) is 3.09. The summed E-state index contributed by atoms with van der Waals surface area (Å²) in [6, 6.07) is 0. The molecule has 0 spiro atoms. The first-order chi connectivity index (χ1) is 10.2. The van der Waals surface area contributed by atoms with Crippen molar-refractivity contribution in [3.8, 4) is 0 Å². The molecule has 0 radical (unpaired) electrons. The standard InChI is InChI=1S/C15H22N4OS/c1-10(12-4-3-5-16-8-12)6-15-18-14(19-20-15)7-13-9-21-11(2)17-13/h9-10,12,16H,3-8H2,1-2H3. The number of aromatic nitrogens is 3. The summed E-state index contributed by atoms with van der Waals surface area (Å²) in [6.07, 6.45) is 4.10. The van der Waals surface area contributed by atoms with E-state index in [0.29, 0.717) is 12.3 Å². The Hall–Kier alpha value is -1.27. The fourth-order valence-electron chi connectivity index (χ4n) is 2.90. The minimum atomic E-state index is 0.576. The van der Waals surface area contributed by atoms with Gasteiger partial charge in [-0.05, 0) is 44.7 Å². The van der Waals surface area contributed by atoms with Gasteiger partial charge in [-0.15, -0.1) is 11.3 Å². The van der Waals surface area contributed by atoms with Crippen molar-refractivity contribution in [1.82, 2.24) is 20.4 Å². The molecule has 2 unspecified atom stereocenters. The fraction of sp³-hybridized carbons (Fsp3) is 0.667. The number of hydrogen-bond acceptors (Lipinski definition) is 6. The lowest BCUT2D eigenvalue weighted by molar-refractivity contribution is 0.256. The fourth-order valence-corrected chi connectivity index (χ4v) is 3.52. The molecule has 5 nitrogen and oxygen atoms in total. The van der Waals surface area contributed by atoms with Crippen molar-refractivity contribution in [2.75, 3.05) is 13.1 Å². The highest BCUT2D eigenvalue weighted by Gasteiger charge is 2.22. The highest BCUT2D eigenvalue weighted by Crippen LogP contribution is 2.23. The Kier molecular flexibility index (Phi) is 4.65. The molecule has 0 amide bonds. The van der Waals surface area contributed by atoms with Crippen molar-refractivity contribution in [2.24, 2.45) is 11.8 Å². The Morgan fingerprint density at radius 1 is 1.48 bits per heavy atom. The van der Waals surface area contributed by atoms with Crippen LogP contribution < -0.4 is 5.32 Å². The van der Waals surface area contributed by atoms with Gasteiger partial charge in [0.2, 0.25) is 5.89 Å². The minimum Gasteiger partial charge on any atom is -0.339 e. The highest BCUT2D eigenvalue weighted by molar-refractivity contribution is 7.09. The van der Waals surface area contributed by atoms with Gasteiger partial charge in [0.1, 0.15) is 0 Å². The molecule has 1 fully saturated rings. The lowest BCUT2D eigenvalue weighted by Gasteiger charge is -2.27. The molecule has 114 valence electrons. The van der Waals surface area contributed by atoms with Crippen molar-refractivity contribution in [3.05, 3.63) is 27.8 Å². The Labute approximate surface area is 129 Å². The van der Waals surface area contributed by atoms with Crippen LogP contribution in [0.25, 0.3) is 0 Å². The van der Waals surface area contributed by atoms with Gasteiger partial charge in [-0.2, -0.15) is 4.98 Å². The van der Waals surface area contributed by atoms with Crippen LogP contribution in [0.3, 0.4) is 0 Å². The van der Waals surface area contributed by atoms with Gasteiger partial charge in [0, 0.05) is 11.8 Å². The van der Waals surface area contributed by atoms with Crippen LogP contribution in [-0.2, 0) is 12.8 Å². The van der Waals surface area contributed by atoms with Crippen LogP contribution in [0.5, 0.6) is 0 Å². The van der Waals surface area contributed by atoms with Crippen molar-refractivity contribution >= 4 is 11.3 Å². The van der Waals surface area contributed by atoms with Crippen LogP contribution in [0.2, 0.25) is 0 Å². The summed E-state index contributed by atoms with van der Waals surface area (Å²) in [6.45, 7) is 6.56. The lowest BCUT2D eigenvalue weighted by atomic mass is 9.85. The molecular formula is C15H22N4OS. The third-order valence-electron chi connectivity index (χ3n) is 4.15. The summed E-state index contributed by atoms with van der Waals surface area (Å²) in [5.74, 6) is 2.79. The number of rotatable bonds is 5. The predicted molar refractivity (Wildman–Crippen MR) is 82.4 cm³/mol. The van der Waals surface area contributed by atoms with Crippen molar-refractivity contribution in [3.63, 3.8) is 0 Å². The molecular weight excluding hydrogens is 284 g/mol. The molecule has 6 heteroatoms. The van der Waals surface area contributed by atoms with E-state index in [4.69, 9.17) is 4.52 Å². The van der Waals surface area contributed by atoms with Gasteiger partial charge in [-0.1, -0.05) is 12.1 Å². The Morgan fingerprint density at radius 3 is 3.10 bits per heavy atom. The summed E-state index contributed by atoms with van der Waals surface area (Å²) in [5, 5.41) is 10.7. The number of thiazole rings is 1. The number of nitrogens with one attached hydrogen (secondary N) is 1. The highest BCUT2D eigenvalue weighted by atomic mass is 32.1. The van der Waals surface area contributed by atoms with E-state index in [0.717, 1.165) is 47.8 Å². The minimum absolute atomic E-state index is 0.576. The van der Waals surface area contributed by atoms with Crippen LogP contribution in [0.4, 0.5) is 0 Å². The lowest BCUT2D eigenvalue weighted by Crippen LogP contribution is -2.33. The molecule has 1 aliphatic rings. The van der Waals surface area contributed by atoms with E-state index in [9.17, 15) is 0 Å². The quantitative estimate of drug-likeness (QED) is 0.920. The van der Waals surface area contributed by atoms with Crippen LogP contribution in [0.15, 0.2) is 9.90 Å². The van der Waals surface area contributed by atoms with Crippen LogP contribution >= 0.6 is 11.3 Å². The molecule has 2 aromatic rings. The van der Waals surface area contributed by atoms with Gasteiger partial charge in [0.25, 0.3) is 0 Å². The largest absolute Gasteiger partial charge is 0.339 e. The Bertz CT molecular complexity index is 574. The predicted octanol–water partition coefficient (Wildman–Crippen LogP) is 2.60. The van der Waals surface area contributed by atoms with Gasteiger partial charge in [-0.3, -0.25) is 0 Å². The third kappa shape index (κ3) is 3.89. The second-order valence-corrected chi connectivity index (χ2v) is 6.99. The number of aryl methyl sites for hydroxylation is 1. The molecule has 1 aliphatic heterocycles. The maximum absolute atomic E-state index is 5.40. The topological polar surface area (TPSA) is 63.8 Å². The summed E-state index contributed by atoms with van der Waals surface area (Å²) >= 11 is 1.66.